The molecule has 0 atom stereocenters. The van der Waals surface area contributed by atoms with Gasteiger partial charge in [-0.3, -0.25) is 4.79 Å². The summed E-state index contributed by atoms with van der Waals surface area (Å²) in [6, 6.07) is 3.39. The third-order valence-corrected chi connectivity index (χ3v) is 4.46. The average molecular weight is 319 g/mol. The van der Waals surface area contributed by atoms with Gasteiger partial charge in [0, 0.05) is 4.88 Å². The fourth-order valence-corrected chi connectivity index (χ4v) is 3.02. The Morgan fingerprint density at radius 3 is 2.77 bits per heavy atom. The zero-order valence-corrected chi connectivity index (χ0v) is 12.6. The smallest absolute Gasteiger partial charge is 0.267 e. The van der Waals surface area contributed by atoms with E-state index in [4.69, 9.17) is 0 Å². The molecule has 3 aromatic rings. The van der Waals surface area contributed by atoms with Crippen LogP contribution in [0.15, 0.2) is 34.4 Å². The van der Waals surface area contributed by atoms with Crippen LogP contribution >= 0.6 is 11.3 Å². The first-order valence-corrected chi connectivity index (χ1v) is 7.26. The molecule has 7 heteroatoms. The van der Waals surface area contributed by atoms with E-state index in [1.807, 2.05) is 13.8 Å². The van der Waals surface area contributed by atoms with Gasteiger partial charge in [0.05, 0.1) is 11.6 Å². The molecule has 0 spiro atoms. The molecule has 0 radical (unpaired) electrons. The quantitative estimate of drug-likeness (QED) is 0.681. The van der Waals surface area contributed by atoms with Crippen molar-refractivity contribution in [3.8, 4) is 0 Å². The molecule has 4 nitrogen and oxygen atoms in total. The Labute approximate surface area is 128 Å². The molecular weight excluding hydrogens is 308 g/mol. The second-order valence-electron chi connectivity index (χ2n) is 4.78. The number of fused-ring (bicyclic) bond motifs is 1. The van der Waals surface area contributed by atoms with Crippen molar-refractivity contribution in [2.45, 2.75) is 13.8 Å². The molecule has 1 aromatic carbocycles. The summed E-state index contributed by atoms with van der Waals surface area (Å²) in [4.78, 5) is 18.3. The third kappa shape index (κ3) is 2.43. The zero-order chi connectivity index (χ0) is 15.9. The molecule has 0 fully saturated rings. The topological polar surface area (TPSA) is 47.2 Å². The van der Waals surface area contributed by atoms with Crippen LogP contribution in [0.3, 0.4) is 0 Å². The largest absolute Gasteiger partial charge is 0.282 e. The molecular formula is C15H11F2N3OS. The summed E-state index contributed by atoms with van der Waals surface area (Å²) in [5.74, 6) is -1.89. The fourth-order valence-electron chi connectivity index (χ4n) is 2.03. The van der Waals surface area contributed by atoms with Crippen molar-refractivity contribution in [3.63, 3.8) is 0 Å². The first-order valence-electron chi connectivity index (χ1n) is 6.44. The molecule has 0 saturated heterocycles. The summed E-state index contributed by atoms with van der Waals surface area (Å²) in [6.45, 7) is 3.79. The lowest BCUT2D eigenvalue weighted by Gasteiger charge is -1.99. The summed E-state index contributed by atoms with van der Waals surface area (Å²) in [7, 11) is 0. The van der Waals surface area contributed by atoms with Gasteiger partial charge in [-0.15, -0.1) is 11.3 Å². The minimum Gasteiger partial charge on any atom is -0.267 e. The summed E-state index contributed by atoms with van der Waals surface area (Å²) in [5.41, 5.74) is 0.949. The van der Waals surface area contributed by atoms with Crippen LogP contribution in [0.25, 0.3) is 10.2 Å². The molecule has 3 rings (SSSR count). The molecule has 0 N–H and O–H groups in total. The van der Waals surface area contributed by atoms with E-state index in [0.29, 0.717) is 15.8 Å². The van der Waals surface area contributed by atoms with E-state index in [1.54, 1.807) is 0 Å². The van der Waals surface area contributed by atoms with Crippen LogP contribution in [0.1, 0.15) is 16.0 Å². The van der Waals surface area contributed by atoms with Crippen molar-refractivity contribution < 1.29 is 8.78 Å². The summed E-state index contributed by atoms with van der Waals surface area (Å²) in [5, 5.41) is 4.51. The molecule has 22 heavy (non-hydrogen) atoms. The van der Waals surface area contributed by atoms with Gasteiger partial charge in [-0.05, 0) is 37.1 Å². The maximum atomic E-state index is 13.1. The van der Waals surface area contributed by atoms with E-state index in [9.17, 15) is 13.6 Å². The lowest BCUT2D eigenvalue weighted by Crippen LogP contribution is -2.17. The van der Waals surface area contributed by atoms with E-state index in [1.165, 1.54) is 29.9 Å². The Morgan fingerprint density at radius 2 is 2.05 bits per heavy atom. The molecule has 112 valence electrons. The standard InChI is InChI=1S/C15H11F2N3OS/c1-8-9(2)22-14-13(8)15(21)20(7-18-14)19-6-10-3-4-11(16)12(17)5-10/h3-7H,1-2H3/b19-6+. The second kappa shape index (κ2) is 5.42. The monoisotopic (exact) mass is 319 g/mol. The highest BCUT2D eigenvalue weighted by Gasteiger charge is 2.11. The maximum absolute atomic E-state index is 13.1. The van der Waals surface area contributed by atoms with Gasteiger partial charge in [-0.1, -0.05) is 6.07 Å². The molecule has 0 bridgehead atoms. The van der Waals surface area contributed by atoms with Crippen LogP contribution < -0.4 is 5.56 Å². The number of hydrogen-bond donors (Lipinski definition) is 0. The lowest BCUT2D eigenvalue weighted by atomic mass is 10.2. The molecule has 0 unspecified atom stereocenters. The van der Waals surface area contributed by atoms with E-state index >= 15 is 0 Å². The van der Waals surface area contributed by atoms with Crippen molar-refractivity contribution >= 4 is 27.8 Å². The van der Waals surface area contributed by atoms with Gasteiger partial charge in [0.1, 0.15) is 11.2 Å². The number of aromatic nitrogens is 2. The van der Waals surface area contributed by atoms with E-state index in [-0.39, 0.29) is 5.56 Å². The summed E-state index contributed by atoms with van der Waals surface area (Å²) in [6.07, 6.45) is 2.60. The SMILES string of the molecule is Cc1sc2ncn(/N=C/c3ccc(F)c(F)c3)c(=O)c2c1C. The number of thiophene rings is 1. The van der Waals surface area contributed by atoms with Gasteiger partial charge in [-0.25, -0.2) is 13.8 Å². The van der Waals surface area contributed by atoms with Crippen LogP contribution in [-0.4, -0.2) is 15.9 Å². The number of hydrogen-bond acceptors (Lipinski definition) is 4. The maximum Gasteiger partial charge on any atom is 0.282 e. The van der Waals surface area contributed by atoms with Crippen molar-refractivity contribution in [2.24, 2.45) is 5.10 Å². The van der Waals surface area contributed by atoms with Crippen LogP contribution in [0.2, 0.25) is 0 Å². The van der Waals surface area contributed by atoms with Crippen molar-refractivity contribution in [3.05, 3.63) is 62.5 Å². The minimum atomic E-state index is -0.964. The van der Waals surface area contributed by atoms with Gasteiger partial charge in [0.25, 0.3) is 5.56 Å². The Kier molecular flexibility index (Phi) is 3.58. The highest BCUT2D eigenvalue weighted by molar-refractivity contribution is 7.18. The number of aryl methyl sites for hydroxylation is 2. The second-order valence-corrected chi connectivity index (χ2v) is 5.98. The predicted molar refractivity (Wildman–Crippen MR) is 82.7 cm³/mol. The first-order chi connectivity index (χ1) is 10.5. The van der Waals surface area contributed by atoms with Gasteiger partial charge >= 0.3 is 0 Å². The van der Waals surface area contributed by atoms with Crippen molar-refractivity contribution in [1.82, 2.24) is 9.66 Å². The molecule has 0 amide bonds. The van der Waals surface area contributed by atoms with Crippen LogP contribution in [0.4, 0.5) is 8.78 Å². The average Bonchev–Trinajstić information content (AvgIpc) is 2.78. The Morgan fingerprint density at radius 1 is 1.27 bits per heavy atom. The number of rotatable bonds is 2. The van der Waals surface area contributed by atoms with Gasteiger partial charge in [0.2, 0.25) is 0 Å². The zero-order valence-electron chi connectivity index (χ0n) is 11.8. The van der Waals surface area contributed by atoms with Crippen molar-refractivity contribution in [1.29, 1.82) is 0 Å². The Hall–Kier alpha value is -2.41. The number of nitrogens with zero attached hydrogens (tertiary/aromatic N) is 3. The fraction of sp³-hybridized carbons (Fsp3) is 0.133. The van der Waals surface area contributed by atoms with E-state index < -0.39 is 11.6 Å². The highest BCUT2D eigenvalue weighted by Crippen LogP contribution is 2.25. The first kappa shape index (κ1) is 14.5. The predicted octanol–water partition coefficient (Wildman–Crippen LogP) is 3.24. The van der Waals surface area contributed by atoms with Crippen LogP contribution in [0.5, 0.6) is 0 Å². The summed E-state index contributed by atoms with van der Waals surface area (Å²) < 4.78 is 27.1. The molecule has 2 aromatic heterocycles. The van der Waals surface area contributed by atoms with Crippen molar-refractivity contribution in [2.75, 3.05) is 0 Å². The van der Waals surface area contributed by atoms with Crippen LogP contribution in [-0.2, 0) is 0 Å². The summed E-state index contributed by atoms with van der Waals surface area (Å²) >= 11 is 1.45. The minimum absolute atomic E-state index is 0.286. The van der Waals surface area contributed by atoms with E-state index in [0.717, 1.165) is 27.2 Å². The third-order valence-electron chi connectivity index (χ3n) is 3.35. The van der Waals surface area contributed by atoms with Gasteiger partial charge < -0.3 is 0 Å². The van der Waals surface area contributed by atoms with Crippen LogP contribution in [0, 0.1) is 25.5 Å². The molecule has 2 heterocycles. The highest BCUT2D eigenvalue weighted by atomic mass is 32.1. The number of halogens is 2. The van der Waals surface area contributed by atoms with Gasteiger partial charge in [0.15, 0.2) is 11.6 Å². The molecule has 0 aliphatic carbocycles. The van der Waals surface area contributed by atoms with Gasteiger partial charge in [-0.2, -0.15) is 9.78 Å². The molecule has 0 aliphatic heterocycles. The lowest BCUT2D eigenvalue weighted by molar-refractivity contribution is 0.508. The Bertz CT molecular complexity index is 959. The number of benzene rings is 1. The molecule has 0 aliphatic rings. The van der Waals surface area contributed by atoms with E-state index in [2.05, 4.69) is 10.1 Å². The Balaban J connectivity index is 2.05. The molecule has 0 saturated carbocycles. The normalized spacial score (nSPS) is 11.6.